The molecule has 1 aliphatic heterocycles. The average Bonchev–Trinajstić information content (AvgIpc) is 3.60. The number of aromatic nitrogens is 6. The summed E-state index contributed by atoms with van der Waals surface area (Å²) in [5.41, 5.74) is 2.41. The summed E-state index contributed by atoms with van der Waals surface area (Å²) in [5, 5.41) is 16.1. The van der Waals surface area contributed by atoms with Gasteiger partial charge in [-0.25, -0.2) is 14.5 Å². The number of tetrazole rings is 1. The maximum Gasteiger partial charge on any atom is 0.242 e. The lowest BCUT2D eigenvalue weighted by molar-refractivity contribution is 0.591. The molecule has 0 spiro atoms. The molecule has 35 heavy (non-hydrogen) atoms. The molecular formula is C24H24Cl2FN7S. The molecule has 0 bridgehead atoms. The Labute approximate surface area is 217 Å². The number of anilines is 1. The fourth-order valence-electron chi connectivity index (χ4n) is 4.39. The van der Waals surface area contributed by atoms with E-state index in [1.807, 2.05) is 24.4 Å². The van der Waals surface area contributed by atoms with E-state index in [0.717, 1.165) is 47.4 Å². The molecule has 4 aromatic rings. The van der Waals surface area contributed by atoms with Gasteiger partial charge < -0.3 is 4.90 Å². The number of aromatic amines is 1. The van der Waals surface area contributed by atoms with Gasteiger partial charge in [0.05, 0.1) is 21.9 Å². The van der Waals surface area contributed by atoms with Gasteiger partial charge in [-0.05, 0) is 64.7 Å². The fraction of sp³-hybridized carbons (Fsp3) is 0.333. The highest BCUT2D eigenvalue weighted by molar-refractivity contribution is 7.99. The molecule has 0 saturated carbocycles. The number of imidazole rings is 1. The van der Waals surface area contributed by atoms with Gasteiger partial charge in [-0.3, -0.25) is 4.57 Å². The Morgan fingerprint density at radius 3 is 2.66 bits per heavy atom. The number of halogens is 3. The summed E-state index contributed by atoms with van der Waals surface area (Å²) in [7, 11) is 0. The molecule has 5 rings (SSSR count). The molecule has 1 atom stereocenters. The zero-order chi connectivity index (χ0) is 24.6. The van der Waals surface area contributed by atoms with Gasteiger partial charge in [-0.15, -0.1) is 0 Å². The number of thioether (sulfide) groups is 1. The first-order chi connectivity index (χ1) is 16.8. The molecule has 0 radical (unpaired) electrons. The minimum absolute atomic E-state index is 0.277. The van der Waals surface area contributed by atoms with Gasteiger partial charge in [0.25, 0.3) is 0 Å². The van der Waals surface area contributed by atoms with Crippen LogP contribution in [0.5, 0.6) is 0 Å². The van der Waals surface area contributed by atoms with E-state index >= 15 is 0 Å². The molecular weight excluding hydrogens is 508 g/mol. The van der Waals surface area contributed by atoms with Crippen LogP contribution in [0.15, 0.2) is 53.8 Å². The van der Waals surface area contributed by atoms with Crippen LogP contribution < -0.4 is 4.90 Å². The van der Waals surface area contributed by atoms with Crippen molar-refractivity contribution in [3.8, 4) is 5.69 Å². The van der Waals surface area contributed by atoms with E-state index in [1.165, 1.54) is 12.1 Å². The van der Waals surface area contributed by atoms with E-state index in [-0.39, 0.29) is 5.82 Å². The molecule has 1 N–H and O–H groups in total. The van der Waals surface area contributed by atoms with Crippen molar-refractivity contribution in [3.05, 3.63) is 75.8 Å². The first-order valence-electron chi connectivity index (χ1n) is 11.2. The Bertz CT molecular complexity index is 1310. The van der Waals surface area contributed by atoms with Crippen LogP contribution in [0.4, 0.5) is 10.3 Å². The van der Waals surface area contributed by atoms with Crippen LogP contribution in [0.2, 0.25) is 10.0 Å². The number of benzene rings is 2. The summed E-state index contributed by atoms with van der Waals surface area (Å²) in [5.74, 6) is 1.79. The molecule has 3 heterocycles. The van der Waals surface area contributed by atoms with Crippen LogP contribution in [0.25, 0.3) is 5.69 Å². The van der Waals surface area contributed by atoms with Crippen LogP contribution in [0, 0.1) is 11.7 Å². The van der Waals surface area contributed by atoms with E-state index in [4.69, 9.17) is 28.2 Å². The van der Waals surface area contributed by atoms with Crippen LogP contribution in [0.1, 0.15) is 31.5 Å². The van der Waals surface area contributed by atoms with Gasteiger partial charge in [0.2, 0.25) is 5.95 Å². The molecule has 182 valence electrons. The van der Waals surface area contributed by atoms with Gasteiger partial charge in [-0.1, -0.05) is 60.0 Å². The first-order valence-corrected chi connectivity index (χ1v) is 13.0. The Hall–Kier alpha value is -2.62. The molecule has 2 aromatic heterocycles. The molecule has 2 aromatic carbocycles. The molecule has 1 aliphatic rings. The van der Waals surface area contributed by atoms with Crippen LogP contribution in [-0.4, -0.2) is 49.0 Å². The Morgan fingerprint density at radius 1 is 1.14 bits per heavy atom. The van der Waals surface area contributed by atoms with Crippen molar-refractivity contribution >= 4 is 40.9 Å². The zero-order valence-electron chi connectivity index (χ0n) is 19.3. The predicted molar refractivity (Wildman–Crippen MR) is 137 cm³/mol. The third-order valence-corrected chi connectivity index (χ3v) is 8.39. The summed E-state index contributed by atoms with van der Waals surface area (Å²) in [6.45, 7) is 6.03. The van der Waals surface area contributed by atoms with E-state index in [9.17, 15) is 4.39 Å². The van der Waals surface area contributed by atoms with Crippen molar-refractivity contribution in [2.45, 2.75) is 30.8 Å². The molecule has 1 saturated heterocycles. The summed E-state index contributed by atoms with van der Waals surface area (Å²) >= 11 is 14.2. The minimum Gasteiger partial charge on any atom is -0.340 e. The highest BCUT2D eigenvalue weighted by Gasteiger charge is 2.31. The SMILES string of the molecule is CC(C)(c1ccc(Cl)c(Cl)c1)c1cnc(SCC2CCN(c3nnn[nH]3)C2)n1-c1ccc(F)cc1. The van der Waals surface area contributed by atoms with Gasteiger partial charge in [0.1, 0.15) is 5.82 Å². The normalized spacial score (nSPS) is 16.3. The Kier molecular flexibility index (Phi) is 6.74. The standard InChI is InChI=1S/C24H24Cl2FN7S/c1-24(2,16-3-8-19(25)20(26)11-16)21-12-28-23(34(21)18-6-4-17(27)5-7-18)35-14-15-9-10-33(13-15)22-29-31-32-30-22/h3-8,11-12,15H,9-10,13-14H2,1-2H3,(H,29,30,31,32). The summed E-state index contributed by atoms with van der Waals surface area (Å²) < 4.78 is 15.8. The fourth-order valence-corrected chi connectivity index (χ4v) is 5.81. The van der Waals surface area contributed by atoms with Crippen molar-refractivity contribution in [1.29, 1.82) is 0 Å². The average molecular weight is 532 g/mol. The van der Waals surface area contributed by atoms with Crippen molar-refractivity contribution in [1.82, 2.24) is 30.2 Å². The van der Waals surface area contributed by atoms with Gasteiger partial charge in [-0.2, -0.15) is 0 Å². The lowest BCUT2D eigenvalue weighted by Crippen LogP contribution is -2.23. The second-order valence-electron chi connectivity index (χ2n) is 9.13. The second-order valence-corrected chi connectivity index (χ2v) is 10.9. The molecule has 11 heteroatoms. The van der Waals surface area contributed by atoms with Gasteiger partial charge >= 0.3 is 0 Å². The number of hydrogen-bond acceptors (Lipinski definition) is 6. The quantitative estimate of drug-likeness (QED) is 0.305. The molecule has 1 fully saturated rings. The molecule has 0 amide bonds. The number of nitrogens with one attached hydrogen (secondary N) is 1. The largest absolute Gasteiger partial charge is 0.340 e. The molecule has 1 unspecified atom stereocenters. The van der Waals surface area contributed by atoms with Crippen molar-refractivity contribution in [2.24, 2.45) is 5.92 Å². The maximum absolute atomic E-state index is 13.7. The van der Waals surface area contributed by atoms with Crippen LogP contribution in [-0.2, 0) is 5.41 Å². The van der Waals surface area contributed by atoms with Crippen LogP contribution in [0.3, 0.4) is 0 Å². The number of H-pyrrole nitrogens is 1. The van der Waals surface area contributed by atoms with Gasteiger partial charge in [0, 0.05) is 29.9 Å². The molecule has 7 nitrogen and oxygen atoms in total. The van der Waals surface area contributed by atoms with E-state index in [0.29, 0.717) is 21.9 Å². The van der Waals surface area contributed by atoms with E-state index in [1.54, 1.807) is 23.9 Å². The van der Waals surface area contributed by atoms with E-state index < -0.39 is 5.41 Å². The van der Waals surface area contributed by atoms with Crippen molar-refractivity contribution in [2.75, 3.05) is 23.7 Å². The highest BCUT2D eigenvalue weighted by atomic mass is 35.5. The van der Waals surface area contributed by atoms with E-state index in [2.05, 4.69) is 43.9 Å². The summed E-state index contributed by atoms with van der Waals surface area (Å²) in [6.07, 6.45) is 2.95. The van der Waals surface area contributed by atoms with Crippen LogP contribution >= 0.6 is 35.0 Å². The minimum atomic E-state index is -0.433. The maximum atomic E-state index is 13.7. The smallest absolute Gasteiger partial charge is 0.242 e. The predicted octanol–water partition coefficient (Wildman–Crippen LogP) is 5.78. The lowest BCUT2D eigenvalue weighted by Gasteiger charge is -2.28. The topological polar surface area (TPSA) is 75.5 Å². The summed E-state index contributed by atoms with van der Waals surface area (Å²) in [6, 6.07) is 12.2. The molecule has 0 aliphatic carbocycles. The van der Waals surface area contributed by atoms with Crippen molar-refractivity contribution < 1.29 is 4.39 Å². The third-order valence-electron chi connectivity index (χ3n) is 6.46. The third kappa shape index (κ3) is 4.90. The summed E-state index contributed by atoms with van der Waals surface area (Å²) in [4.78, 5) is 6.96. The number of hydrogen-bond donors (Lipinski definition) is 1. The lowest BCUT2D eigenvalue weighted by atomic mass is 9.81. The Balaban J connectivity index is 1.44. The second kappa shape index (κ2) is 9.79. The van der Waals surface area contributed by atoms with Crippen molar-refractivity contribution in [3.63, 3.8) is 0 Å². The number of rotatable bonds is 7. The number of nitrogens with zero attached hydrogens (tertiary/aromatic N) is 6. The van der Waals surface area contributed by atoms with Gasteiger partial charge in [0.15, 0.2) is 5.16 Å². The zero-order valence-corrected chi connectivity index (χ0v) is 21.6. The Morgan fingerprint density at radius 2 is 1.94 bits per heavy atom. The highest BCUT2D eigenvalue weighted by Crippen LogP contribution is 2.38. The monoisotopic (exact) mass is 531 g/mol. The first kappa shape index (κ1) is 24.1.